The highest BCUT2D eigenvalue weighted by atomic mass is 32.2. The highest BCUT2D eigenvalue weighted by Gasteiger charge is 2.62. The number of carbonyl (C=O) groups excluding carboxylic acids is 4. The van der Waals surface area contributed by atoms with Crippen molar-refractivity contribution < 1.29 is 46.0 Å². The summed E-state index contributed by atoms with van der Waals surface area (Å²) in [5, 5.41) is 2.56. The van der Waals surface area contributed by atoms with Crippen molar-refractivity contribution >= 4 is 33.9 Å². The van der Waals surface area contributed by atoms with Gasteiger partial charge in [-0.1, -0.05) is 72.3 Å². The molecule has 0 spiro atoms. The quantitative estimate of drug-likeness (QED) is 0.145. The molecule has 1 aliphatic heterocycles. The van der Waals surface area contributed by atoms with Gasteiger partial charge in [0.25, 0.3) is 16.0 Å². The molecule has 0 bridgehead atoms. The molecular weight excluding hydrogens is 614 g/mol. The minimum atomic E-state index is -4.36. The van der Waals surface area contributed by atoms with Crippen molar-refractivity contribution in [3.63, 3.8) is 0 Å². The summed E-state index contributed by atoms with van der Waals surface area (Å²) in [4.78, 5) is 53.4. The Morgan fingerprint density at radius 3 is 1.85 bits per heavy atom. The first-order chi connectivity index (χ1) is 22.1. The molecule has 1 aliphatic rings. The number of rotatable bonds is 11. The Morgan fingerprint density at radius 2 is 1.28 bits per heavy atom. The first-order valence-electron chi connectivity index (χ1n) is 14.1. The first-order valence-corrected chi connectivity index (χ1v) is 15.5. The second-order valence-corrected chi connectivity index (χ2v) is 12.0. The van der Waals surface area contributed by atoms with Crippen LogP contribution in [0.1, 0.15) is 36.6 Å². The standard InChI is InChI=1S/C34H29NO10S/c1-23-17-19-27(20-18-23)46(40,41)43-21-28-29(45-32(38)26-15-9-4-10-16-26)34(33(39)44-28,35-30(36)24-11-5-2-6-12-24)22-42-31(37)25-13-7-3-8-14-25/h2-20,28-29H,21-22H2,1H3,(H,35,36)/t28-,29+,34+/m1/s1. The Bertz CT molecular complexity index is 1810. The van der Waals surface area contributed by atoms with Crippen LogP contribution in [0.25, 0.3) is 0 Å². The summed E-state index contributed by atoms with van der Waals surface area (Å²) in [6.45, 7) is 0.172. The Hall–Kier alpha value is -5.33. The molecule has 46 heavy (non-hydrogen) atoms. The lowest BCUT2D eigenvalue weighted by atomic mass is 9.91. The predicted molar refractivity (Wildman–Crippen MR) is 163 cm³/mol. The van der Waals surface area contributed by atoms with Gasteiger partial charge in [-0.25, -0.2) is 14.4 Å². The molecule has 5 rings (SSSR count). The van der Waals surface area contributed by atoms with Crippen molar-refractivity contribution in [2.75, 3.05) is 13.2 Å². The van der Waals surface area contributed by atoms with Gasteiger partial charge >= 0.3 is 17.9 Å². The van der Waals surface area contributed by atoms with E-state index in [-0.39, 0.29) is 21.6 Å². The fourth-order valence-electron chi connectivity index (χ4n) is 4.72. The normalized spacial score (nSPS) is 19.1. The zero-order valence-corrected chi connectivity index (χ0v) is 25.3. The minimum Gasteiger partial charge on any atom is -0.459 e. The van der Waals surface area contributed by atoms with Gasteiger partial charge in [0.05, 0.1) is 16.0 Å². The number of benzene rings is 4. The number of cyclic esters (lactones) is 1. The van der Waals surface area contributed by atoms with E-state index in [1.54, 1.807) is 73.7 Å². The third-order valence-corrected chi connectivity index (χ3v) is 8.50. The molecule has 1 fully saturated rings. The van der Waals surface area contributed by atoms with E-state index in [2.05, 4.69) is 5.32 Å². The number of hydrogen-bond acceptors (Lipinski definition) is 10. The van der Waals surface area contributed by atoms with Crippen LogP contribution in [-0.2, 0) is 33.3 Å². The van der Waals surface area contributed by atoms with Crippen LogP contribution in [-0.4, -0.2) is 63.2 Å². The molecule has 4 aromatic rings. The summed E-state index contributed by atoms with van der Waals surface area (Å²) in [5.74, 6) is -3.66. The third-order valence-electron chi connectivity index (χ3n) is 7.20. The molecular formula is C34H29NO10S. The van der Waals surface area contributed by atoms with Crippen LogP contribution in [0.4, 0.5) is 0 Å². The van der Waals surface area contributed by atoms with E-state index in [0.29, 0.717) is 0 Å². The number of carbonyl (C=O) groups is 4. The first kappa shape index (κ1) is 32.1. The highest BCUT2D eigenvalue weighted by Crippen LogP contribution is 2.33. The van der Waals surface area contributed by atoms with Crippen molar-refractivity contribution in [1.29, 1.82) is 0 Å². The monoisotopic (exact) mass is 643 g/mol. The van der Waals surface area contributed by atoms with E-state index >= 15 is 0 Å². The van der Waals surface area contributed by atoms with E-state index in [9.17, 15) is 27.6 Å². The van der Waals surface area contributed by atoms with Gasteiger partial charge in [-0.15, -0.1) is 0 Å². The second-order valence-electron chi connectivity index (χ2n) is 10.4. The summed E-state index contributed by atoms with van der Waals surface area (Å²) in [5.41, 5.74) is -1.10. The van der Waals surface area contributed by atoms with Crippen molar-refractivity contribution in [3.05, 3.63) is 138 Å². The summed E-state index contributed by atoms with van der Waals surface area (Å²) in [6.07, 6.45) is -3.26. The summed E-state index contributed by atoms with van der Waals surface area (Å²) in [6, 6.07) is 29.4. The maximum Gasteiger partial charge on any atom is 0.340 e. The van der Waals surface area contributed by atoms with Gasteiger partial charge in [0.2, 0.25) is 5.54 Å². The molecule has 236 valence electrons. The van der Waals surface area contributed by atoms with Crippen LogP contribution in [0.5, 0.6) is 0 Å². The molecule has 4 aromatic carbocycles. The van der Waals surface area contributed by atoms with Crippen LogP contribution >= 0.6 is 0 Å². The topological polar surface area (TPSA) is 151 Å². The van der Waals surface area contributed by atoms with Crippen LogP contribution in [0.15, 0.2) is 120 Å². The Balaban J connectivity index is 1.51. The second kappa shape index (κ2) is 13.8. The van der Waals surface area contributed by atoms with E-state index in [1.807, 2.05) is 0 Å². The van der Waals surface area contributed by atoms with Crippen molar-refractivity contribution in [2.24, 2.45) is 0 Å². The number of hydrogen-bond donors (Lipinski definition) is 1. The zero-order chi connectivity index (χ0) is 32.7. The fourth-order valence-corrected chi connectivity index (χ4v) is 5.64. The summed E-state index contributed by atoms with van der Waals surface area (Å²) >= 11 is 0. The Labute approximate surface area is 265 Å². The maximum atomic E-state index is 13.8. The van der Waals surface area contributed by atoms with Gasteiger partial charge in [0.15, 0.2) is 12.2 Å². The molecule has 1 heterocycles. The number of esters is 3. The molecule has 0 aromatic heterocycles. The van der Waals surface area contributed by atoms with Gasteiger partial charge < -0.3 is 19.5 Å². The van der Waals surface area contributed by atoms with E-state index in [1.165, 1.54) is 48.5 Å². The number of nitrogens with one attached hydrogen (secondary N) is 1. The molecule has 0 unspecified atom stereocenters. The lowest BCUT2D eigenvalue weighted by Gasteiger charge is -2.32. The summed E-state index contributed by atoms with van der Waals surface area (Å²) < 4.78 is 48.1. The van der Waals surface area contributed by atoms with Gasteiger partial charge in [0.1, 0.15) is 13.2 Å². The van der Waals surface area contributed by atoms with Gasteiger partial charge in [-0.05, 0) is 55.5 Å². The molecule has 3 atom stereocenters. The molecule has 1 amide bonds. The molecule has 11 nitrogen and oxygen atoms in total. The molecule has 0 saturated carbocycles. The predicted octanol–water partition coefficient (Wildman–Crippen LogP) is 3.88. The van der Waals surface area contributed by atoms with Gasteiger partial charge in [-0.3, -0.25) is 8.98 Å². The number of aryl methyl sites for hydroxylation is 1. The van der Waals surface area contributed by atoms with Crippen LogP contribution in [0.3, 0.4) is 0 Å². The molecule has 12 heteroatoms. The SMILES string of the molecule is Cc1ccc(S(=O)(=O)OC[C@H]2OC(=O)[C@@](COC(=O)c3ccccc3)(NC(=O)c3ccccc3)[C@H]2OC(=O)c2ccccc2)cc1. The fraction of sp³-hybridized carbons (Fsp3) is 0.176. The lowest BCUT2D eigenvalue weighted by Crippen LogP contribution is -2.64. The number of amides is 1. The molecule has 0 radical (unpaired) electrons. The maximum absolute atomic E-state index is 13.8. The van der Waals surface area contributed by atoms with Crippen LogP contribution < -0.4 is 5.32 Å². The molecule has 1 saturated heterocycles. The Kier molecular flexibility index (Phi) is 9.59. The summed E-state index contributed by atoms with van der Waals surface area (Å²) in [7, 11) is -4.36. The van der Waals surface area contributed by atoms with Crippen LogP contribution in [0, 0.1) is 6.92 Å². The zero-order valence-electron chi connectivity index (χ0n) is 24.5. The van der Waals surface area contributed by atoms with Gasteiger partial charge in [-0.2, -0.15) is 8.42 Å². The number of ether oxygens (including phenoxy) is 3. The Morgan fingerprint density at radius 1 is 0.761 bits per heavy atom. The minimum absolute atomic E-state index is 0.0957. The average Bonchev–Trinajstić information content (AvgIpc) is 3.33. The lowest BCUT2D eigenvalue weighted by molar-refractivity contribution is -0.148. The van der Waals surface area contributed by atoms with Gasteiger partial charge in [0, 0.05) is 5.56 Å². The van der Waals surface area contributed by atoms with E-state index in [4.69, 9.17) is 18.4 Å². The van der Waals surface area contributed by atoms with Crippen molar-refractivity contribution in [1.82, 2.24) is 5.32 Å². The smallest absolute Gasteiger partial charge is 0.340 e. The van der Waals surface area contributed by atoms with Crippen molar-refractivity contribution in [3.8, 4) is 0 Å². The largest absolute Gasteiger partial charge is 0.459 e. The van der Waals surface area contributed by atoms with Crippen LogP contribution in [0.2, 0.25) is 0 Å². The molecule has 1 N–H and O–H groups in total. The van der Waals surface area contributed by atoms with Crippen molar-refractivity contribution in [2.45, 2.75) is 29.6 Å². The average molecular weight is 644 g/mol. The highest BCUT2D eigenvalue weighted by molar-refractivity contribution is 7.86. The molecule has 0 aliphatic carbocycles. The third kappa shape index (κ3) is 7.14. The van der Waals surface area contributed by atoms with E-state index < -0.39 is 64.9 Å². The van der Waals surface area contributed by atoms with E-state index in [0.717, 1.165) is 5.56 Å².